The maximum absolute atomic E-state index is 12.9. The number of nitrogens with one attached hydrogen (secondary N) is 3. The normalized spacial score (nSPS) is 27.4. The summed E-state index contributed by atoms with van der Waals surface area (Å²) in [5.41, 5.74) is 4.08. The molecule has 178 valence electrons. The predicted molar refractivity (Wildman–Crippen MR) is 117 cm³/mol. The molecule has 0 bridgehead atoms. The van der Waals surface area contributed by atoms with Crippen molar-refractivity contribution in [1.82, 2.24) is 16.0 Å². The molecule has 0 spiro atoms. The molecule has 6 atom stereocenters. The fourth-order valence-electron chi connectivity index (χ4n) is 4.03. The van der Waals surface area contributed by atoms with E-state index in [1.54, 1.807) is 31.3 Å². The van der Waals surface area contributed by atoms with E-state index in [1.165, 1.54) is 0 Å². The Kier molecular flexibility index (Phi) is 8.73. The minimum atomic E-state index is -2.12. The molecule has 1 aromatic carbocycles. The molecule has 1 aliphatic carbocycles. The average Bonchev–Trinajstić information content (AvgIpc) is 2.72. The molecule has 10 nitrogen and oxygen atoms in total. The van der Waals surface area contributed by atoms with Gasteiger partial charge >= 0.3 is 0 Å². The molecule has 0 unspecified atom stereocenters. The molecule has 1 saturated carbocycles. The molecule has 0 saturated heterocycles. The van der Waals surface area contributed by atoms with Crippen LogP contribution in [-0.2, 0) is 20.8 Å². The molecule has 0 aromatic heterocycles. The average molecular weight is 451 g/mol. The first-order valence-corrected chi connectivity index (χ1v) is 10.7. The molecule has 1 aromatic rings. The van der Waals surface area contributed by atoms with Gasteiger partial charge in [0.15, 0.2) is 0 Å². The van der Waals surface area contributed by atoms with E-state index in [0.717, 1.165) is 5.56 Å². The number of hydrogen-bond donors (Lipinski definition) is 7. The van der Waals surface area contributed by atoms with Gasteiger partial charge in [0.1, 0.15) is 17.7 Å². The lowest BCUT2D eigenvalue weighted by Gasteiger charge is -2.42. The van der Waals surface area contributed by atoms with Gasteiger partial charge in [-0.05, 0) is 18.5 Å². The summed E-state index contributed by atoms with van der Waals surface area (Å²) in [5.74, 6) is -2.16. The van der Waals surface area contributed by atoms with Crippen molar-refractivity contribution in [3.05, 3.63) is 35.9 Å². The number of nitrogens with two attached hydrogens (primary N) is 1. The van der Waals surface area contributed by atoms with E-state index in [-0.39, 0.29) is 18.8 Å². The zero-order chi connectivity index (χ0) is 24.1. The number of likely N-dealkylation sites (N-methyl/N-ethyl adjacent to an activating group) is 1. The Labute approximate surface area is 187 Å². The van der Waals surface area contributed by atoms with Gasteiger partial charge in [-0.25, -0.2) is 0 Å². The van der Waals surface area contributed by atoms with Crippen LogP contribution in [0.4, 0.5) is 0 Å². The molecule has 1 fully saturated rings. The van der Waals surface area contributed by atoms with Gasteiger partial charge in [0.2, 0.25) is 11.8 Å². The van der Waals surface area contributed by atoms with Crippen LogP contribution in [0.5, 0.6) is 0 Å². The Bertz CT molecular complexity index is 805. The number of primary amides is 1. The van der Waals surface area contributed by atoms with Gasteiger partial charge < -0.3 is 37.0 Å². The summed E-state index contributed by atoms with van der Waals surface area (Å²) < 4.78 is 0. The van der Waals surface area contributed by atoms with Crippen LogP contribution in [0, 0.1) is 5.92 Å². The molecule has 10 heteroatoms. The van der Waals surface area contributed by atoms with Crippen molar-refractivity contribution in [1.29, 1.82) is 0 Å². The van der Waals surface area contributed by atoms with E-state index >= 15 is 0 Å². The molecular formula is C22H34N4O6. The van der Waals surface area contributed by atoms with Crippen molar-refractivity contribution in [3.8, 4) is 0 Å². The Hall–Kier alpha value is -2.53. The second-order valence-electron chi connectivity index (χ2n) is 8.74. The van der Waals surface area contributed by atoms with Crippen molar-refractivity contribution in [3.63, 3.8) is 0 Å². The number of hydrogen-bond acceptors (Lipinski definition) is 7. The van der Waals surface area contributed by atoms with Gasteiger partial charge in [0.25, 0.3) is 5.91 Å². The quantitative estimate of drug-likeness (QED) is 0.232. The first kappa shape index (κ1) is 25.7. The third kappa shape index (κ3) is 6.26. The molecular weight excluding hydrogens is 416 g/mol. The maximum atomic E-state index is 12.9. The Morgan fingerprint density at radius 2 is 1.78 bits per heavy atom. The highest BCUT2D eigenvalue weighted by Crippen LogP contribution is 2.30. The minimum absolute atomic E-state index is 0.0536. The molecule has 0 heterocycles. The first-order chi connectivity index (χ1) is 15.0. The second-order valence-corrected chi connectivity index (χ2v) is 8.74. The zero-order valence-electron chi connectivity index (χ0n) is 18.6. The number of rotatable bonds is 9. The summed E-state index contributed by atoms with van der Waals surface area (Å²) in [7, 11) is 1.62. The Balaban J connectivity index is 2.14. The summed E-state index contributed by atoms with van der Waals surface area (Å²) in [5, 5.41) is 39.6. The Morgan fingerprint density at radius 3 is 2.31 bits per heavy atom. The van der Waals surface area contributed by atoms with Gasteiger partial charge in [0, 0.05) is 19.3 Å². The number of amides is 3. The monoisotopic (exact) mass is 450 g/mol. The van der Waals surface area contributed by atoms with E-state index in [0.29, 0.717) is 0 Å². The molecule has 2 rings (SSSR count). The topological polar surface area (TPSA) is 174 Å². The lowest BCUT2D eigenvalue weighted by molar-refractivity contribution is -0.161. The lowest BCUT2D eigenvalue weighted by atomic mass is 9.77. The number of carbonyl (C=O) groups excluding carboxylic acids is 3. The second kappa shape index (κ2) is 10.9. The molecule has 0 aliphatic heterocycles. The molecule has 0 radical (unpaired) electrons. The van der Waals surface area contributed by atoms with Gasteiger partial charge in [-0.1, -0.05) is 44.2 Å². The van der Waals surface area contributed by atoms with Crippen LogP contribution in [-0.4, -0.2) is 76.0 Å². The predicted octanol–water partition coefficient (Wildman–Crippen LogP) is -1.83. The van der Waals surface area contributed by atoms with Crippen LogP contribution in [0.25, 0.3) is 0 Å². The van der Waals surface area contributed by atoms with Crippen molar-refractivity contribution in [2.24, 2.45) is 11.7 Å². The third-order valence-electron chi connectivity index (χ3n) is 5.85. The largest absolute Gasteiger partial charge is 0.390 e. The van der Waals surface area contributed by atoms with Gasteiger partial charge in [-0.2, -0.15) is 0 Å². The highest BCUT2D eigenvalue weighted by Gasteiger charge is 2.50. The third-order valence-corrected chi connectivity index (χ3v) is 5.85. The molecule has 32 heavy (non-hydrogen) atoms. The van der Waals surface area contributed by atoms with Crippen LogP contribution >= 0.6 is 0 Å². The van der Waals surface area contributed by atoms with Crippen LogP contribution in [0.1, 0.15) is 32.3 Å². The van der Waals surface area contributed by atoms with Crippen molar-refractivity contribution in [2.45, 2.75) is 69.0 Å². The van der Waals surface area contributed by atoms with Gasteiger partial charge in [0.05, 0.1) is 18.2 Å². The summed E-state index contributed by atoms with van der Waals surface area (Å²) in [4.78, 5) is 37.4. The van der Waals surface area contributed by atoms with Crippen molar-refractivity contribution < 1.29 is 29.7 Å². The SMILES string of the molecule is CN[C@H](C(=O)N[C@@H]1C[C@@](O)(C(=O)N[C@H](Cc2ccccc2)C(N)=O)C[C@@H](O)[C@@H]1O)C(C)C. The van der Waals surface area contributed by atoms with E-state index in [2.05, 4.69) is 16.0 Å². The van der Waals surface area contributed by atoms with Crippen LogP contribution < -0.4 is 21.7 Å². The number of carbonyl (C=O) groups is 3. The van der Waals surface area contributed by atoms with E-state index < -0.39 is 60.1 Å². The lowest BCUT2D eigenvalue weighted by Crippen LogP contribution is -2.65. The fourth-order valence-corrected chi connectivity index (χ4v) is 4.03. The van der Waals surface area contributed by atoms with E-state index in [4.69, 9.17) is 5.73 Å². The molecule has 3 amide bonds. The smallest absolute Gasteiger partial charge is 0.252 e. The first-order valence-electron chi connectivity index (χ1n) is 10.7. The van der Waals surface area contributed by atoms with Crippen LogP contribution in [0.15, 0.2) is 30.3 Å². The summed E-state index contributed by atoms with van der Waals surface area (Å²) in [6, 6.07) is 6.21. The standard InChI is InChI=1S/C22H34N4O6/c1-12(2)17(24-3)20(30)25-15-10-22(32,11-16(27)18(15)28)21(31)26-14(19(23)29)9-13-7-5-4-6-8-13/h4-8,12,14-18,24,27-28,32H,9-11H2,1-3H3,(H2,23,29)(H,25,30)(H,26,31)/t14-,15-,16-,17+,18-,22+/m1/s1. The highest BCUT2D eigenvalue weighted by atomic mass is 16.3. The van der Waals surface area contributed by atoms with Crippen molar-refractivity contribution >= 4 is 17.7 Å². The van der Waals surface area contributed by atoms with Gasteiger partial charge in [-0.3, -0.25) is 14.4 Å². The molecule has 1 aliphatic rings. The number of benzene rings is 1. The summed E-state index contributed by atoms with van der Waals surface area (Å²) in [6.07, 6.45) is -3.50. The maximum Gasteiger partial charge on any atom is 0.252 e. The minimum Gasteiger partial charge on any atom is -0.390 e. The summed E-state index contributed by atoms with van der Waals surface area (Å²) >= 11 is 0. The van der Waals surface area contributed by atoms with Crippen LogP contribution in [0.3, 0.4) is 0 Å². The molecule has 8 N–H and O–H groups in total. The van der Waals surface area contributed by atoms with Gasteiger partial charge in [-0.15, -0.1) is 0 Å². The van der Waals surface area contributed by atoms with E-state index in [9.17, 15) is 29.7 Å². The van der Waals surface area contributed by atoms with Crippen LogP contribution in [0.2, 0.25) is 0 Å². The zero-order valence-corrected chi connectivity index (χ0v) is 18.6. The van der Waals surface area contributed by atoms with Crippen molar-refractivity contribution in [2.75, 3.05) is 7.05 Å². The fraction of sp³-hybridized carbons (Fsp3) is 0.591. The Morgan fingerprint density at radius 1 is 1.16 bits per heavy atom. The van der Waals surface area contributed by atoms with E-state index in [1.807, 2.05) is 19.9 Å². The highest BCUT2D eigenvalue weighted by molar-refractivity contribution is 5.91. The number of aliphatic hydroxyl groups is 3. The summed E-state index contributed by atoms with van der Waals surface area (Å²) in [6.45, 7) is 3.68. The number of aliphatic hydroxyl groups excluding tert-OH is 2.